The number of alkyl halides is 2. The van der Waals surface area contributed by atoms with E-state index in [9.17, 15) is 24.1 Å². The van der Waals surface area contributed by atoms with Gasteiger partial charge in [0.15, 0.2) is 10.0 Å². The van der Waals surface area contributed by atoms with Crippen molar-refractivity contribution >= 4 is 41.2 Å². The highest BCUT2D eigenvalue weighted by atomic mass is 79.9. The first-order valence-electron chi connectivity index (χ1n) is 9.46. The third kappa shape index (κ3) is 5.75. The Bertz CT molecular complexity index is 1130. The zero-order valence-corrected chi connectivity index (χ0v) is 20.2. The number of hydrogen-bond donors (Lipinski definition) is 4. The van der Waals surface area contributed by atoms with E-state index in [0.29, 0.717) is 4.57 Å². The molecule has 3 rings (SSSR count). The normalized spacial score (nSPS) is 27.6. The molecule has 15 heteroatoms. The minimum Gasteiger partial charge on any atom is -0.480 e. The molecule has 2 heterocycles. The smallest absolute Gasteiger partial charge is 0.459 e. The van der Waals surface area contributed by atoms with E-state index in [2.05, 4.69) is 26.0 Å². The van der Waals surface area contributed by atoms with Crippen LogP contribution >= 0.6 is 35.3 Å². The van der Waals surface area contributed by atoms with E-state index in [-0.39, 0.29) is 5.75 Å². The zero-order chi connectivity index (χ0) is 24.4. The van der Waals surface area contributed by atoms with Crippen LogP contribution in [-0.2, 0) is 18.6 Å². The van der Waals surface area contributed by atoms with Gasteiger partial charge in [-0.05, 0) is 19.1 Å². The Morgan fingerprint density at radius 2 is 2.06 bits per heavy atom. The van der Waals surface area contributed by atoms with Crippen LogP contribution in [0.3, 0.4) is 0 Å². The summed E-state index contributed by atoms with van der Waals surface area (Å²) in [7, 11) is -4.30. The van der Waals surface area contributed by atoms with Crippen molar-refractivity contribution < 1.29 is 33.4 Å². The first-order chi connectivity index (χ1) is 15.4. The zero-order valence-electron chi connectivity index (χ0n) is 17.0. The number of carbonyl (C=O) groups is 1. The van der Waals surface area contributed by atoms with Crippen molar-refractivity contribution in [1.82, 2.24) is 14.6 Å². The minimum absolute atomic E-state index is 0.131. The molecule has 1 aliphatic heterocycles. The Morgan fingerprint density at radius 3 is 2.67 bits per heavy atom. The number of aromatic nitrogens is 2. The van der Waals surface area contributed by atoms with Gasteiger partial charge in [-0.3, -0.25) is 14.1 Å². The molecule has 6 atom stereocenters. The third-order valence-corrected chi connectivity index (χ3v) is 7.52. The average Bonchev–Trinajstić information content (AvgIpc) is 2.96. The number of hydrogen-bond acceptors (Lipinski definition) is 8. The molecule has 0 amide bonds. The molecule has 180 valence electrons. The van der Waals surface area contributed by atoms with Crippen molar-refractivity contribution in [3.63, 3.8) is 0 Å². The van der Waals surface area contributed by atoms with Gasteiger partial charge >= 0.3 is 19.4 Å². The van der Waals surface area contributed by atoms with Crippen LogP contribution in [0.15, 0.2) is 52.2 Å². The van der Waals surface area contributed by atoms with Gasteiger partial charge in [0.2, 0.25) is 0 Å². The number of para-hydroxylation sites is 1. The Labute approximate surface area is 200 Å². The van der Waals surface area contributed by atoms with Gasteiger partial charge in [-0.1, -0.05) is 45.7 Å². The Kier molecular flexibility index (Phi) is 7.84. The number of halogens is 2. The molecule has 0 bridgehead atoms. The van der Waals surface area contributed by atoms with E-state index in [4.69, 9.17) is 30.5 Å². The molecule has 0 aliphatic carbocycles. The highest BCUT2D eigenvalue weighted by molar-refractivity contribution is 9.10. The number of aromatic amines is 1. The van der Waals surface area contributed by atoms with Crippen molar-refractivity contribution in [2.45, 2.75) is 35.2 Å². The van der Waals surface area contributed by atoms with Crippen LogP contribution < -0.4 is 20.9 Å². The fourth-order valence-corrected chi connectivity index (χ4v) is 5.32. The summed E-state index contributed by atoms with van der Waals surface area (Å²) in [5.74, 6) is -1.18. The lowest BCUT2D eigenvalue weighted by molar-refractivity contribution is -0.138. The number of rotatable bonds is 9. The molecule has 2 aromatic rings. The summed E-state index contributed by atoms with van der Waals surface area (Å²) < 4.78 is 28.5. The second-order valence-corrected chi connectivity index (χ2v) is 11.1. The second kappa shape index (κ2) is 10.1. The first kappa shape index (κ1) is 25.6. The average molecular weight is 569 g/mol. The number of carboxylic acids is 1. The summed E-state index contributed by atoms with van der Waals surface area (Å²) in [6, 6.07) is 7.63. The lowest BCUT2D eigenvalue weighted by atomic mass is 10.2. The molecule has 4 N–H and O–H groups in total. The predicted octanol–water partition coefficient (Wildman–Crippen LogP) is 1.39. The monoisotopic (exact) mass is 567 g/mol. The maximum absolute atomic E-state index is 13.3. The largest absolute Gasteiger partial charge is 0.480 e. The molecule has 1 aromatic carbocycles. The summed E-state index contributed by atoms with van der Waals surface area (Å²) >= 11 is 9.43. The molecule has 1 unspecified atom stereocenters. The number of nitrogens with zero attached hydrogens (tertiary/aromatic N) is 1. The van der Waals surface area contributed by atoms with Crippen LogP contribution in [0.1, 0.15) is 13.2 Å². The lowest BCUT2D eigenvalue weighted by Gasteiger charge is -2.24. The van der Waals surface area contributed by atoms with Crippen molar-refractivity contribution in [3.8, 4) is 5.75 Å². The van der Waals surface area contributed by atoms with E-state index in [0.717, 1.165) is 12.3 Å². The maximum atomic E-state index is 13.3. The Hall–Kier alpha value is -1.99. The number of carboxylic acid groups (broad SMARTS) is 1. The van der Waals surface area contributed by atoms with E-state index in [1.165, 1.54) is 19.1 Å². The van der Waals surface area contributed by atoms with Gasteiger partial charge in [0.1, 0.15) is 24.0 Å². The van der Waals surface area contributed by atoms with E-state index >= 15 is 0 Å². The molecule has 1 saturated heterocycles. The summed E-state index contributed by atoms with van der Waals surface area (Å²) in [6.45, 7) is 0.640. The highest BCUT2D eigenvalue weighted by Gasteiger charge is 2.56. The predicted molar refractivity (Wildman–Crippen MR) is 120 cm³/mol. The number of aliphatic hydroxyl groups is 1. The number of H-pyrrole nitrogens is 1. The molecule has 1 fully saturated rings. The Morgan fingerprint density at radius 1 is 1.39 bits per heavy atom. The second-order valence-electron chi connectivity index (χ2n) is 7.02. The van der Waals surface area contributed by atoms with Crippen LogP contribution in [0.4, 0.5) is 0 Å². The van der Waals surface area contributed by atoms with Crippen molar-refractivity contribution in [2.24, 2.45) is 0 Å². The minimum atomic E-state index is -4.30. The van der Waals surface area contributed by atoms with Crippen LogP contribution in [-0.4, -0.2) is 54.4 Å². The SMILES string of the molecule is C[C@H](NP(=O)(OC[C@H]1O[C@@H](n2c(=O)cc[nH]c2=O)[C@](Cl)(Br)[C@@H]1O)Oc1ccccc1)C(=O)O. The molecular formula is C18H20BrClN3O9P. The lowest BCUT2D eigenvalue weighted by Crippen LogP contribution is -2.44. The summed E-state index contributed by atoms with van der Waals surface area (Å²) in [6.07, 6.45) is -3.14. The molecule has 0 saturated carbocycles. The fourth-order valence-electron chi connectivity index (χ4n) is 2.92. The highest BCUT2D eigenvalue weighted by Crippen LogP contribution is 2.50. The van der Waals surface area contributed by atoms with Gasteiger partial charge in [0.05, 0.1) is 6.61 Å². The van der Waals surface area contributed by atoms with E-state index < -0.39 is 59.8 Å². The standard InChI is InChI=1S/C18H20BrClN3O9P/c1-10(15(26)27)22-33(29,32-11-5-3-2-4-6-11)30-9-12-14(25)18(19,20)16(31-12)23-13(24)7-8-21-17(23)28/h2-8,10,12,14,16,25H,9H2,1H3,(H,21,28)(H,22,29)(H,26,27)/t10-,12+,14+,16+,18-,33?/m0/s1. The van der Waals surface area contributed by atoms with Crippen molar-refractivity contribution in [3.05, 3.63) is 63.4 Å². The summed E-state index contributed by atoms with van der Waals surface area (Å²) in [5.41, 5.74) is -1.57. The van der Waals surface area contributed by atoms with Gasteiger partial charge < -0.3 is 24.5 Å². The summed E-state index contributed by atoms with van der Waals surface area (Å²) in [5, 5.41) is 22.1. The quantitative estimate of drug-likeness (QED) is 0.256. The topological polar surface area (TPSA) is 169 Å². The molecule has 1 aliphatic rings. The van der Waals surface area contributed by atoms with Gasteiger partial charge in [-0.2, -0.15) is 5.09 Å². The van der Waals surface area contributed by atoms with Crippen LogP contribution in [0.5, 0.6) is 5.75 Å². The molecular weight excluding hydrogens is 549 g/mol. The van der Waals surface area contributed by atoms with Gasteiger partial charge in [-0.15, -0.1) is 0 Å². The molecule has 33 heavy (non-hydrogen) atoms. The van der Waals surface area contributed by atoms with Gasteiger partial charge in [0.25, 0.3) is 5.56 Å². The van der Waals surface area contributed by atoms with Crippen LogP contribution in [0, 0.1) is 0 Å². The maximum Gasteiger partial charge on any atom is 0.459 e. The molecule has 0 radical (unpaired) electrons. The van der Waals surface area contributed by atoms with Crippen LogP contribution in [0.2, 0.25) is 0 Å². The van der Waals surface area contributed by atoms with Gasteiger partial charge in [-0.25, -0.2) is 13.9 Å². The van der Waals surface area contributed by atoms with E-state index in [1.807, 2.05) is 0 Å². The number of aliphatic hydroxyl groups excluding tert-OH is 1. The number of aliphatic carboxylic acids is 1. The molecule has 12 nitrogen and oxygen atoms in total. The van der Waals surface area contributed by atoms with E-state index in [1.54, 1.807) is 18.2 Å². The number of benzene rings is 1. The first-order valence-corrected chi connectivity index (χ1v) is 12.2. The molecule has 1 aromatic heterocycles. The van der Waals surface area contributed by atoms with Gasteiger partial charge in [0, 0.05) is 12.3 Å². The molecule has 0 spiro atoms. The third-order valence-electron chi connectivity index (χ3n) is 4.60. The van der Waals surface area contributed by atoms with Crippen molar-refractivity contribution in [2.75, 3.05) is 6.61 Å². The van der Waals surface area contributed by atoms with Crippen LogP contribution in [0.25, 0.3) is 0 Å². The number of ether oxygens (including phenoxy) is 1. The van der Waals surface area contributed by atoms with Crippen molar-refractivity contribution in [1.29, 1.82) is 0 Å². The Balaban J connectivity index is 1.82. The number of nitrogens with one attached hydrogen (secondary N) is 2. The summed E-state index contributed by atoms with van der Waals surface area (Å²) in [4.78, 5) is 37.9. The fraction of sp³-hybridized carbons (Fsp3) is 0.389.